The molecule has 3 fully saturated rings. The fraction of sp³-hybridized carbons (Fsp3) is 0.941. The van der Waals surface area contributed by atoms with E-state index in [1.54, 1.807) is 0 Å². The molecule has 4 atom stereocenters. The lowest BCUT2D eigenvalue weighted by atomic mass is 9.85. The van der Waals surface area contributed by atoms with Gasteiger partial charge in [0, 0.05) is 31.8 Å². The Bertz CT molecular complexity index is 371. The predicted octanol–water partition coefficient (Wildman–Crippen LogP) is 2.54. The largest absolute Gasteiger partial charge is 0.379 e. The maximum Gasteiger partial charge on any atom is 0.317 e. The zero-order chi connectivity index (χ0) is 15.4. The first-order valence-electron chi connectivity index (χ1n) is 9.01. The second-order valence-corrected chi connectivity index (χ2v) is 7.05. The van der Waals surface area contributed by atoms with Crippen molar-refractivity contribution in [2.45, 2.75) is 70.1 Å². The van der Waals surface area contributed by atoms with Crippen molar-refractivity contribution in [1.29, 1.82) is 0 Å². The number of likely N-dealkylation sites (tertiary alicyclic amines) is 1. The van der Waals surface area contributed by atoms with Crippen LogP contribution in [0, 0.1) is 5.92 Å². The van der Waals surface area contributed by atoms with E-state index < -0.39 is 0 Å². The summed E-state index contributed by atoms with van der Waals surface area (Å²) in [5.41, 5.74) is 0. The molecule has 0 spiro atoms. The standard InChI is InChI=1S/C17H30N2O3/c1-13-11-14-5-2-3-6-16(14)19(13)17(20)18-8-4-9-22-15-7-10-21-12-15/h13-16H,2-12H2,1H3,(H,18,20)/t13-,14+,15+,16-/m1/s1. The molecule has 5 nitrogen and oxygen atoms in total. The highest BCUT2D eigenvalue weighted by Crippen LogP contribution is 2.39. The third-order valence-electron chi connectivity index (χ3n) is 5.42. The summed E-state index contributed by atoms with van der Waals surface area (Å²) in [6.45, 7) is 5.14. The average Bonchev–Trinajstić information content (AvgIpc) is 3.13. The first-order chi connectivity index (χ1) is 10.8. The van der Waals surface area contributed by atoms with Gasteiger partial charge < -0.3 is 19.7 Å². The zero-order valence-electron chi connectivity index (χ0n) is 13.8. The minimum Gasteiger partial charge on any atom is -0.379 e. The molecule has 22 heavy (non-hydrogen) atoms. The molecule has 0 aromatic carbocycles. The molecule has 2 amide bonds. The maximum absolute atomic E-state index is 12.5. The number of hydrogen-bond donors (Lipinski definition) is 1. The molecule has 0 unspecified atom stereocenters. The highest BCUT2D eigenvalue weighted by atomic mass is 16.5. The lowest BCUT2D eigenvalue weighted by molar-refractivity contribution is 0.0416. The maximum atomic E-state index is 12.5. The third-order valence-corrected chi connectivity index (χ3v) is 5.42. The van der Waals surface area contributed by atoms with Crippen molar-refractivity contribution < 1.29 is 14.3 Å². The molecular formula is C17H30N2O3. The Labute approximate surface area is 133 Å². The molecule has 1 N–H and O–H groups in total. The Hall–Kier alpha value is -0.810. The minimum atomic E-state index is 0.131. The smallest absolute Gasteiger partial charge is 0.317 e. The van der Waals surface area contributed by atoms with Crippen molar-refractivity contribution in [2.24, 2.45) is 5.92 Å². The zero-order valence-corrected chi connectivity index (χ0v) is 13.8. The molecule has 2 saturated heterocycles. The minimum absolute atomic E-state index is 0.131. The van der Waals surface area contributed by atoms with E-state index in [1.165, 1.54) is 32.1 Å². The monoisotopic (exact) mass is 310 g/mol. The van der Waals surface area contributed by atoms with Crippen LogP contribution in [0.3, 0.4) is 0 Å². The van der Waals surface area contributed by atoms with Crippen LogP contribution in [0.1, 0.15) is 51.9 Å². The average molecular weight is 310 g/mol. The summed E-state index contributed by atoms with van der Waals surface area (Å²) in [7, 11) is 0. The van der Waals surface area contributed by atoms with Gasteiger partial charge in [0.2, 0.25) is 0 Å². The first kappa shape index (κ1) is 16.1. The molecule has 0 radical (unpaired) electrons. The topological polar surface area (TPSA) is 50.8 Å². The van der Waals surface area contributed by atoms with E-state index in [0.29, 0.717) is 25.2 Å². The number of fused-ring (bicyclic) bond motifs is 1. The third kappa shape index (κ3) is 3.74. The Morgan fingerprint density at radius 2 is 2.18 bits per heavy atom. The van der Waals surface area contributed by atoms with Gasteiger partial charge in [-0.05, 0) is 44.9 Å². The Kier molecular flexibility index (Phi) is 5.58. The lowest BCUT2D eigenvalue weighted by Crippen LogP contribution is -2.48. The number of amides is 2. The van der Waals surface area contributed by atoms with Crippen molar-refractivity contribution in [3.63, 3.8) is 0 Å². The molecule has 0 aromatic heterocycles. The van der Waals surface area contributed by atoms with Gasteiger partial charge in [-0.15, -0.1) is 0 Å². The van der Waals surface area contributed by atoms with Gasteiger partial charge in [-0.2, -0.15) is 0 Å². The summed E-state index contributed by atoms with van der Waals surface area (Å²) in [4.78, 5) is 14.6. The van der Waals surface area contributed by atoms with E-state index in [4.69, 9.17) is 9.47 Å². The van der Waals surface area contributed by atoms with Crippen LogP contribution in [0.2, 0.25) is 0 Å². The molecular weight excluding hydrogens is 280 g/mol. The highest BCUT2D eigenvalue weighted by Gasteiger charge is 2.42. The summed E-state index contributed by atoms with van der Waals surface area (Å²) in [5.74, 6) is 0.736. The second-order valence-electron chi connectivity index (χ2n) is 7.05. The van der Waals surface area contributed by atoms with Crippen LogP contribution < -0.4 is 5.32 Å². The number of carbonyl (C=O) groups is 1. The van der Waals surface area contributed by atoms with Crippen LogP contribution in [0.25, 0.3) is 0 Å². The molecule has 2 aliphatic heterocycles. The van der Waals surface area contributed by atoms with Crippen LogP contribution in [0.15, 0.2) is 0 Å². The number of nitrogens with zero attached hydrogens (tertiary/aromatic N) is 1. The summed E-state index contributed by atoms with van der Waals surface area (Å²) in [5, 5.41) is 3.09. The number of rotatable bonds is 5. The Balaban J connectivity index is 1.36. The number of hydrogen-bond acceptors (Lipinski definition) is 3. The molecule has 5 heteroatoms. The van der Waals surface area contributed by atoms with Crippen molar-refractivity contribution in [2.75, 3.05) is 26.4 Å². The molecule has 0 aromatic rings. The van der Waals surface area contributed by atoms with Gasteiger partial charge in [0.05, 0.1) is 12.7 Å². The molecule has 1 aliphatic carbocycles. The van der Waals surface area contributed by atoms with Gasteiger partial charge >= 0.3 is 6.03 Å². The molecule has 0 bridgehead atoms. The van der Waals surface area contributed by atoms with Gasteiger partial charge in [-0.1, -0.05) is 12.8 Å². The van der Waals surface area contributed by atoms with E-state index in [9.17, 15) is 4.79 Å². The van der Waals surface area contributed by atoms with Gasteiger partial charge in [0.15, 0.2) is 0 Å². The van der Waals surface area contributed by atoms with Crippen LogP contribution >= 0.6 is 0 Å². The van der Waals surface area contributed by atoms with Crippen LogP contribution in [-0.4, -0.2) is 55.5 Å². The van der Waals surface area contributed by atoms with E-state index >= 15 is 0 Å². The molecule has 126 valence electrons. The molecule has 2 heterocycles. The van der Waals surface area contributed by atoms with Gasteiger partial charge in [0.1, 0.15) is 0 Å². The van der Waals surface area contributed by atoms with E-state index in [2.05, 4.69) is 17.1 Å². The number of ether oxygens (including phenoxy) is 2. The second kappa shape index (κ2) is 7.64. The van der Waals surface area contributed by atoms with Crippen molar-refractivity contribution in [3.05, 3.63) is 0 Å². The summed E-state index contributed by atoms with van der Waals surface area (Å²) in [6.07, 6.45) is 8.42. The molecule has 3 rings (SSSR count). The number of carbonyl (C=O) groups excluding carboxylic acids is 1. The Morgan fingerprint density at radius 1 is 1.32 bits per heavy atom. The number of nitrogens with one attached hydrogen (secondary N) is 1. The van der Waals surface area contributed by atoms with Crippen molar-refractivity contribution in [3.8, 4) is 0 Å². The van der Waals surface area contributed by atoms with Gasteiger partial charge in [0.25, 0.3) is 0 Å². The van der Waals surface area contributed by atoms with Crippen LogP contribution in [0.5, 0.6) is 0 Å². The van der Waals surface area contributed by atoms with Crippen LogP contribution in [0.4, 0.5) is 4.79 Å². The SMILES string of the molecule is C[C@@H]1C[C@@H]2CCCC[C@H]2N1C(=O)NCCCO[C@H]1CCOC1. The first-order valence-corrected chi connectivity index (χ1v) is 9.01. The van der Waals surface area contributed by atoms with Crippen molar-refractivity contribution in [1.82, 2.24) is 10.2 Å². The van der Waals surface area contributed by atoms with E-state index in [-0.39, 0.29) is 12.1 Å². The summed E-state index contributed by atoms with van der Waals surface area (Å²) >= 11 is 0. The lowest BCUT2D eigenvalue weighted by Gasteiger charge is -2.33. The molecule has 3 aliphatic rings. The fourth-order valence-corrected chi connectivity index (χ4v) is 4.31. The van der Waals surface area contributed by atoms with Gasteiger partial charge in [-0.3, -0.25) is 0 Å². The Morgan fingerprint density at radius 3 is 3.00 bits per heavy atom. The normalized spacial score (nSPS) is 34.7. The summed E-state index contributed by atoms with van der Waals surface area (Å²) < 4.78 is 11.0. The van der Waals surface area contributed by atoms with E-state index in [1.807, 2.05) is 0 Å². The van der Waals surface area contributed by atoms with E-state index in [0.717, 1.165) is 32.0 Å². The number of urea groups is 1. The quantitative estimate of drug-likeness (QED) is 0.794. The fourth-order valence-electron chi connectivity index (χ4n) is 4.31. The van der Waals surface area contributed by atoms with Crippen LogP contribution in [-0.2, 0) is 9.47 Å². The van der Waals surface area contributed by atoms with Crippen molar-refractivity contribution >= 4 is 6.03 Å². The predicted molar refractivity (Wildman–Crippen MR) is 84.9 cm³/mol. The summed E-state index contributed by atoms with van der Waals surface area (Å²) in [6, 6.07) is 1.00. The highest BCUT2D eigenvalue weighted by molar-refractivity contribution is 5.75. The van der Waals surface area contributed by atoms with Gasteiger partial charge in [-0.25, -0.2) is 4.79 Å². The molecule has 1 saturated carbocycles.